The fourth-order valence-electron chi connectivity index (χ4n) is 1.48. The van der Waals surface area contributed by atoms with E-state index in [1.165, 1.54) is 6.07 Å². The van der Waals surface area contributed by atoms with Gasteiger partial charge in [0, 0.05) is 10.5 Å². The van der Waals surface area contributed by atoms with Crippen LogP contribution in [0, 0.1) is 11.7 Å². The van der Waals surface area contributed by atoms with Crippen molar-refractivity contribution in [2.75, 3.05) is 0 Å². The third kappa shape index (κ3) is 2.20. The van der Waals surface area contributed by atoms with Gasteiger partial charge in [0.2, 0.25) is 0 Å². The number of halogens is 2. The van der Waals surface area contributed by atoms with E-state index in [9.17, 15) is 9.18 Å². The first kappa shape index (κ1) is 10.6. The Morgan fingerprint density at radius 3 is 2.80 bits per heavy atom. The Morgan fingerprint density at radius 1 is 1.60 bits per heavy atom. The lowest BCUT2D eigenvalue weighted by atomic mass is 10.2. The summed E-state index contributed by atoms with van der Waals surface area (Å²) in [6.45, 7) is 2.06. The highest BCUT2D eigenvalue weighted by molar-refractivity contribution is 9.10. The van der Waals surface area contributed by atoms with E-state index in [1.54, 1.807) is 12.1 Å². The number of carbonyl (C=O) groups is 1. The van der Waals surface area contributed by atoms with Gasteiger partial charge in [0.1, 0.15) is 5.82 Å². The molecule has 0 radical (unpaired) electrons. The van der Waals surface area contributed by atoms with E-state index in [-0.39, 0.29) is 17.5 Å². The molecular weight excluding hydrogens is 261 g/mol. The maximum absolute atomic E-state index is 13.4. The van der Waals surface area contributed by atoms with Crippen LogP contribution in [0.25, 0.3) is 0 Å². The molecule has 2 atom stereocenters. The van der Waals surface area contributed by atoms with Crippen LogP contribution in [-0.4, -0.2) is 11.9 Å². The molecule has 15 heavy (non-hydrogen) atoms. The lowest BCUT2D eigenvalue weighted by Crippen LogP contribution is -2.27. The van der Waals surface area contributed by atoms with Crippen LogP contribution in [0.1, 0.15) is 23.7 Å². The number of benzene rings is 1. The van der Waals surface area contributed by atoms with Crippen LogP contribution in [0.4, 0.5) is 4.39 Å². The van der Waals surface area contributed by atoms with Crippen molar-refractivity contribution in [3.8, 4) is 0 Å². The third-order valence-corrected chi connectivity index (χ3v) is 3.28. The summed E-state index contributed by atoms with van der Waals surface area (Å²) in [6, 6.07) is 4.73. The zero-order chi connectivity index (χ0) is 11.0. The highest BCUT2D eigenvalue weighted by Crippen LogP contribution is 2.30. The van der Waals surface area contributed by atoms with Crippen molar-refractivity contribution in [2.24, 2.45) is 5.92 Å². The maximum Gasteiger partial charge on any atom is 0.255 e. The van der Waals surface area contributed by atoms with Gasteiger partial charge in [-0.3, -0.25) is 4.79 Å². The third-order valence-electron chi connectivity index (χ3n) is 2.62. The Bertz CT molecular complexity index is 387. The molecule has 1 saturated carbocycles. The van der Waals surface area contributed by atoms with Gasteiger partial charge in [-0.1, -0.05) is 13.0 Å². The van der Waals surface area contributed by atoms with Crippen molar-refractivity contribution in [3.63, 3.8) is 0 Å². The fraction of sp³-hybridized carbons (Fsp3) is 0.364. The van der Waals surface area contributed by atoms with Gasteiger partial charge in [-0.2, -0.15) is 0 Å². The van der Waals surface area contributed by atoms with Gasteiger partial charge < -0.3 is 5.32 Å². The Morgan fingerprint density at radius 2 is 2.27 bits per heavy atom. The first-order valence-electron chi connectivity index (χ1n) is 4.84. The molecule has 0 aliphatic heterocycles. The van der Waals surface area contributed by atoms with Gasteiger partial charge >= 0.3 is 0 Å². The standard InChI is InChI=1S/C11H11BrFNO/c1-6-5-9(6)14-11(15)10-7(12)3-2-4-8(10)13/h2-4,6,9H,5H2,1H3,(H,14,15). The molecule has 1 aliphatic carbocycles. The second kappa shape index (κ2) is 3.93. The van der Waals surface area contributed by atoms with Crippen LogP contribution in [0.15, 0.2) is 22.7 Å². The first-order chi connectivity index (χ1) is 7.09. The van der Waals surface area contributed by atoms with Crippen molar-refractivity contribution < 1.29 is 9.18 Å². The summed E-state index contributed by atoms with van der Waals surface area (Å²) >= 11 is 3.17. The van der Waals surface area contributed by atoms with Crippen LogP contribution in [0.3, 0.4) is 0 Å². The first-order valence-corrected chi connectivity index (χ1v) is 5.63. The highest BCUT2D eigenvalue weighted by Gasteiger charge is 2.34. The van der Waals surface area contributed by atoms with Crippen LogP contribution >= 0.6 is 15.9 Å². The average Bonchev–Trinajstić information content (AvgIpc) is 2.81. The number of hydrogen-bond acceptors (Lipinski definition) is 1. The summed E-state index contributed by atoms with van der Waals surface area (Å²) in [7, 11) is 0. The van der Waals surface area contributed by atoms with Crippen LogP contribution in [-0.2, 0) is 0 Å². The summed E-state index contributed by atoms with van der Waals surface area (Å²) < 4.78 is 13.9. The van der Waals surface area contributed by atoms with Crippen molar-refractivity contribution in [1.82, 2.24) is 5.32 Å². The van der Waals surface area contributed by atoms with E-state index in [0.29, 0.717) is 10.4 Å². The molecule has 0 saturated heterocycles. The van der Waals surface area contributed by atoms with E-state index < -0.39 is 5.82 Å². The molecule has 0 spiro atoms. The van der Waals surface area contributed by atoms with Gasteiger partial charge in [0.05, 0.1) is 5.56 Å². The largest absolute Gasteiger partial charge is 0.349 e. The molecule has 1 aromatic carbocycles. The summed E-state index contributed by atoms with van der Waals surface area (Å²) in [5, 5.41) is 2.79. The minimum Gasteiger partial charge on any atom is -0.349 e. The van der Waals surface area contributed by atoms with Crippen molar-refractivity contribution in [2.45, 2.75) is 19.4 Å². The normalized spacial score (nSPS) is 23.7. The predicted molar refractivity (Wildman–Crippen MR) is 59.1 cm³/mol. The summed E-state index contributed by atoms with van der Waals surface area (Å²) in [5.41, 5.74) is 0.0941. The smallest absolute Gasteiger partial charge is 0.255 e. The summed E-state index contributed by atoms with van der Waals surface area (Å²) in [4.78, 5) is 11.7. The van der Waals surface area contributed by atoms with Crippen molar-refractivity contribution in [1.29, 1.82) is 0 Å². The monoisotopic (exact) mass is 271 g/mol. The molecular formula is C11H11BrFNO. The number of rotatable bonds is 2. The quantitative estimate of drug-likeness (QED) is 0.881. The van der Waals surface area contributed by atoms with E-state index in [1.807, 2.05) is 0 Å². The average molecular weight is 272 g/mol. The molecule has 80 valence electrons. The minimum absolute atomic E-state index is 0.0941. The van der Waals surface area contributed by atoms with Crippen molar-refractivity contribution in [3.05, 3.63) is 34.1 Å². The van der Waals surface area contributed by atoms with E-state index in [0.717, 1.165) is 6.42 Å². The topological polar surface area (TPSA) is 29.1 Å². The molecule has 0 aromatic heterocycles. The molecule has 2 rings (SSSR count). The number of nitrogens with one attached hydrogen (secondary N) is 1. The fourth-order valence-corrected chi connectivity index (χ4v) is 2.00. The number of hydrogen-bond donors (Lipinski definition) is 1. The summed E-state index contributed by atoms with van der Waals surface area (Å²) in [6.07, 6.45) is 0.984. The molecule has 1 amide bonds. The lowest BCUT2D eigenvalue weighted by molar-refractivity contribution is 0.0944. The molecule has 1 fully saturated rings. The molecule has 2 nitrogen and oxygen atoms in total. The van der Waals surface area contributed by atoms with E-state index >= 15 is 0 Å². The van der Waals surface area contributed by atoms with E-state index in [2.05, 4.69) is 28.2 Å². The molecule has 0 heterocycles. The Labute approximate surface area is 96.0 Å². The highest BCUT2D eigenvalue weighted by atomic mass is 79.9. The molecule has 1 N–H and O–H groups in total. The van der Waals surface area contributed by atoms with Gasteiger partial charge in [-0.25, -0.2) is 4.39 Å². The second-order valence-corrected chi connectivity index (χ2v) is 4.74. The molecule has 2 unspecified atom stereocenters. The zero-order valence-corrected chi connectivity index (χ0v) is 9.84. The van der Waals surface area contributed by atoms with Gasteiger partial charge in [-0.05, 0) is 40.4 Å². The summed E-state index contributed by atoms with van der Waals surface area (Å²) in [5.74, 6) is -0.316. The van der Waals surface area contributed by atoms with E-state index in [4.69, 9.17) is 0 Å². The zero-order valence-electron chi connectivity index (χ0n) is 8.26. The Hall–Kier alpha value is -0.900. The van der Waals surface area contributed by atoms with Crippen LogP contribution in [0.5, 0.6) is 0 Å². The number of amides is 1. The molecule has 1 aliphatic rings. The Balaban J connectivity index is 2.17. The van der Waals surface area contributed by atoms with Crippen LogP contribution in [0.2, 0.25) is 0 Å². The second-order valence-electron chi connectivity index (χ2n) is 3.89. The predicted octanol–water partition coefficient (Wildman–Crippen LogP) is 2.73. The van der Waals surface area contributed by atoms with Gasteiger partial charge in [0.15, 0.2) is 0 Å². The van der Waals surface area contributed by atoms with Gasteiger partial charge in [0.25, 0.3) is 5.91 Å². The molecule has 1 aromatic rings. The SMILES string of the molecule is CC1CC1NC(=O)c1c(F)cccc1Br. The molecule has 0 bridgehead atoms. The van der Waals surface area contributed by atoms with Gasteiger partial charge in [-0.15, -0.1) is 0 Å². The molecule has 4 heteroatoms. The maximum atomic E-state index is 13.4. The van der Waals surface area contributed by atoms with Crippen molar-refractivity contribution >= 4 is 21.8 Å². The number of carbonyl (C=O) groups excluding carboxylic acids is 1. The minimum atomic E-state index is -0.491. The Kier molecular flexibility index (Phi) is 2.78. The lowest BCUT2D eigenvalue weighted by Gasteiger charge is -2.06. The van der Waals surface area contributed by atoms with Crippen LogP contribution < -0.4 is 5.32 Å².